The van der Waals surface area contributed by atoms with Gasteiger partial charge in [0, 0.05) is 12.6 Å². The summed E-state index contributed by atoms with van der Waals surface area (Å²) in [6.45, 7) is 0. The Morgan fingerprint density at radius 3 is 2.75 bits per heavy atom. The molecule has 0 bridgehead atoms. The molecule has 0 spiro atoms. The quantitative estimate of drug-likeness (QED) is 0.689. The van der Waals surface area contributed by atoms with Crippen LogP contribution in [0, 0.1) is 5.82 Å². The lowest BCUT2D eigenvalue weighted by Crippen LogP contribution is -2.02. The Morgan fingerprint density at radius 2 is 2.15 bits per heavy atom. The Morgan fingerprint density at radius 1 is 1.50 bits per heavy atom. The van der Waals surface area contributed by atoms with Crippen LogP contribution in [-0.4, -0.2) is 18.5 Å². The Balaban J connectivity index is 2.60. The molecule has 2 rings (SSSR count). The summed E-state index contributed by atoms with van der Waals surface area (Å²) in [5.74, 6) is -0.952. The van der Waals surface area contributed by atoms with E-state index in [2.05, 4.69) is 5.10 Å². The second-order valence-electron chi connectivity index (χ2n) is 4.03. The van der Waals surface area contributed by atoms with Crippen molar-refractivity contribution in [2.45, 2.75) is 5.75 Å². The molecule has 20 heavy (non-hydrogen) atoms. The third-order valence-electron chi connectivity index (χ3n) is 2.70. The van der Waals surface area contributed by atoms with Gasteiger partial charge in [-0.25, -0.2) is 4.39 Å². The first-order chi connectivity index (χ1) is 9.31. The van der Waals surface area contributed by atoms with Crippen LogP contribution in [0.5, 0.6) is 0 Å². The average molecular weight is 337 g/mol. The van der Waals surface area contributed by atoms with Gasteiger partial charge in [-0.15, -0.1) is 0 Å². The number of aromatic nitrogens is 2. The molecule has 0 aliphatic carbocycles. The maximum Gasteiger partial charge on any atom is 0.134 e. The molecular formula is C11H9Cl2FN3O2S-. The summed E-state index contributed by atoms with van der Waals surface area (Å²) in [7, 11) is 1.52. The third kappa shape index (κ3) is 2.80. The van der Waals surface area contributed by atoms with E-state index in [-0.39, 0.29) is 38.4 Å². The molecule has 0 aliphatic rings. The number of nitrogen functional groups attached to an aromatic ring is 1. The maximum atomic E-state index is 13.9. The summed E-state index contributed by atoms with van der Waals surface area (Å²) in [5, 5.41) is 4.19. The zero-order chi connectivity index (χ0) is 15.0. The van der Waals surface area contributed by atoms with Crippen LogP contribution in [-0.2, 0) is 23.9 Å². The van der Waals surface area contributed by atoms with E-state index in [0.29, 0.717) is 0 Å². The van der Waals surface area contributed by atoms with Gasteiger partial charge in [0.25, 0.3) is 0 Å². The van der Waals surface area contributed by atoms with E-state index in [9.17, 15) is 13.2 Å². The molecule has 0 aliphatic heterocycles. The molecule has 108 valence electrons. The predicted octanol–water partition coefficient (Wildman–Crippen LogP) is 2.49. The number of nitrogens with two attached hydrogens (primary N) is 1. The highest BCUT2D eigenvalue weighted by molar-refractivity contribution is 7.78. The molecule has 2 aromatic rings. The summed E-state index contributed by atoms with van der Waals surface area (Å²) in [5.41, 5.74) is 6.26. The van der Waals surface area contributed by atoms with Gasteiger partial charge in [-0.2, -0.15) is 5.10 Å². The Labute approximate surface area is 126 Å². The molecule has 1 unspecified atom stereocenters. The molecule has 0 amide bonds. The Hall–Kier alpha value is -1.15. The lowest BCUT2D eigenvalue weighted by Gasteiger charge is -2.05. The fourth-order valence-corrected chi connectivity index (χ4v) is 2.83. The van der Waals surface area contributed by atoms with Gasteiger partial charge in [0.2, 0.25) is 0 Å². The van der Waals surface area contributed by atoms with Crippen LogP contribution in [0.15, 0.2) is 12.1 Å². The number of benzene rings is 1. The zero-order valence-corrected chi connectivity index (χ0v) is 12.5. The van der Waals surface area contributed by atoms with Crippen LogP contribution in [0.3, 0.4) is 0 Å². The molecule has 0 radical (unpaired) electrons. The summed E-state index contributed by atoms with van der Waals surface area (Å²) < 4.78 is 36.8. The normalized spacial score (nSPS) is 12.7. The van der Waals surface area contributed by atoms with Gasteiger partial charge in [-0.1, -0.05) is 23.2 Å². The molecule has 2 N–H and O–H groups in total. The van der Waals surface area contributed by atoms with E-state index >= 15 is 0 Å². The van der Waals surface area contributed by atoms with Gasteiger partial charge >= 0.3 is 0 Å². The largest absolute Gasteiger partial charge is 0.772 e. The lowest BCUT2D eigenvalue weighted by atomic mass is 10.1. The van der Waals surface area contributed by atoms with Crippen LogP contribution < -0.4 is 5.73 Å². The van der Waals surface area contributed by atoms with Crippen molar-refractivity contribution >= 4 is 40.0 Å². The number of anilines is 1. The van der Waals surface area contributed by atoms with Gasteiger partial charge in [-0.3, -0.25) is 8.89 Å². The fraction of sp³-hybridized carbons (Fsp3) is 0.182. The molecule has 1 atom stereocenters. The minimum absolute atomic E-state index is 0.0652. The van der Waals surface area contributed by atoms with Crippen LogP contribution in [0.25, 0.3) is 11.3 Å². The van der Waals surface area contributed by atoms with Crippen molar-refractivity contribution in [2.24, 2.45) is 7.05 Å². The van der Waals surface area contributed by atoms with Crippen LogP contribution in [0.2, 0.25) is 10.0 Å². The van der Waals surface area contributed by atoms with E-state index in [1.165, 1.54) is 17.8 Å². The second-order valence-corrected chi connectivity index (χ2v) is 5.72. The number of hydrogen-bond acceptors (Lipinski definition) is 4. The van der Waals surface area contributed by atoms with Crippen LogP contribution in [0.1, 0.15) is 5.69 Å². The summed E-state index contributed by atoms with van der Waals surface area (Å²) in [4.78, 5) is 0. The van der Waals surface area contributed by atoms with E-state index < -0.39 is 16.9 Å². The van der Waals surface area contributed by atoms with Gasteiger partial charge in [-0.05, 0) is 23.2 Å². The molecular weight excluding hydrogens is 328 g/mol. The molecule has 1 aromatic heterocycles. The molecule has 1 heterocycles. The first-order valence-corrected chi connectivity index (χ1v) is 7.33. The van der Waals surface area contributed by atoms with E-state index in [1.54, 1.807) is 0 Å². The second kappa shape index (κ2) is 5.69. The first kappa shape index (κ1) is 15.2. The smallest absolute Gasteiger partial charge is 0.134 e. The van der Waals surface area contributed by atoms with Gasteiger partial charge in [0.05, 0.1) is 27.2 Å². The zero-order valence-electron chi connectivity index (χ0n) is 10.2. The standard InChI is InChI=1S/C11H10Cl2FN3O2S/c1-17-9(4-20(18)19)10(13)11(16-17)5-2-8(15)6(12)3-7(5)14/h2-3H,4,15H2,1H3,(H,18,19)/p-1. The minimum Gasteiger partial charge on any atom is -0.772 e. The molecule has 5 nitrogen and oxygen atoms in total. The predicted molar refractivity (Wildman–Crippen MR) is 75.7 cm³/mol. The molecule has 1 aromatic carbocycles. The van der Waals surface area contributed by atoms with Crippen molar-refractivity contribution < 1.29 is 13.2 Å². The topological polar surface area (TPSA) is 84.0 Å². The third-order valence-corrected chi connectivity index (χ3v) is 3.93. The number of aryl methyl sites for hydroxylation is 1. The Bertz CT molecular complexity index is 705. The van der Waals surface area contributed by atoms with E-state index in [4.69, 9.17) is 28.9 Å². The summed E-state index contributed by atoms with van der Waals surface area (Å²) in [6.07, 6.45) is 0. The molecule has 0 fully saturated rings. The summed E-state index contributed by atoms with van der Waals surface area (Å²) in [6, 6.07) is 2.37. The van der Waals surface area contributed by atoms with Crippen molar-refractivity contribution in [3.05, 3.63) is 33.7 Å². The first-order valence-electron chi connectivity index (χ1n) is 5.33. The monoisotopic (exact) mass is 336 g/mol. The van der Waals surface area contributed by atoms with Crippen molar-refractivity contribution in [3.8, 4) is 11.3 Å². The number of nitrogens with zero attached hydrogens (tertiary/aromatic N) is 2. The van der Waals surface area contributed by atoms with Crippen molar-refractivity contribution in [3.63, 3.8) is 0 Å². The minimum atomic E-state index is -2.33. The van der Waals surface area contributed by atoms with Crippen molar-refractivity contribution in [2.75, 3.05) is 5.73 Å². The highest BCUT2D eigenvalue weighted by Gasteiger charge is 2.19. The van der Waals surface area contributed by atoms with Crippen molar-refractivity contribution in [1.82, 2.24) is 9.78 Å². The van der Waals surface area contributed by atoms with Gasteiger partial charge in [0.1, 0.15) is 11.5 Å². The SMILES string of the molecule is Cn1nc(-c2cc(N)c(Cl)cc2F)c(Cl)c1CS(=O)[O-]. The fourth-order valence-electron chi connectivity index (χ4n) is 1.72. The van der Waals surface area contributed by atoms with E-state index in [0.717, 1.165) is 6.07 Å². The van der Waals surface area contributed by atoms with Gasteiger partial charge in [0.15, 0.2) is 0 Å². The van der Waals surface area contributed by atoms with Crippen LogP contribution in [0.4, 0.5) is 10.1 Å². The molecule has 0 saturated carbocycles. The summed E-state index contributed by atoms with van der Waals surface area (Å²) >= 11 is 9.46. The molecule has 9 heteroatoms. The highest BCUT2D eigenvalue weighted by Crippen LogP contribution is 2.35. The van der Waals surface area contributed by atoms with Gasteiger partial charge < -0.3 is 10.3 Å². The number of hydrogen-bond donors (Lipinski definition) is 1. The van der Waals surface area contributed by atoms with Crippen LogP contribution >= 0.6 is 23.2 Å². The van der Waals surface area contributed by atoms with E-state index in [1.807, 2.05) is 0 Å². The Kier molecular flexibility index (Phi) is 4.33. The average Bonchev–Trinajstić information content (AvgIpc) is 2.61. The lowest BCUT2D eigenvalue weighted by molar-refractivity contribution is 0.533. The highest BCUT2D eigenvalue weighted by atomic mass is 35.5. The molecule has 0 saturated heterocycles. The number of rotatable bonds is 3. The van der Waals surface area contributed by atoms with Crippen molar-refractivity contribution in [1.29, 1.82) is 0 Å². The number of halogens is 3. The maximum absolute atomic E-state index is 13.9.